The van der Waals surface area contributed by atoms with Crippen LogP contribution in [0.1, 0.15) is 10.4 Å². The molecule has 0 spiro atoms. The fourth-order valence-electron chi connectivity index (χ4n) is 3.09. The van der Waals surface area contributed by atoms with Crippen LogP contribution in [0.3, 0.4) is 0 Å². The van der Waals surface area contributed by atoms with E-state index in [1.54, 1.807) is 48.5 Å². The minimum atomic E-state index is -4.00. The van der Waals surface area contributed by atoms with Crippen LogP contribution in [0.4, 0.5) is 11.4 Å². The molecule has 4 rings (SSSR count). The Morgan fingerprint density at radius 3 is 2.14 bits per heavy atom. The standard InChI is InChI=1S/C25H17Cl3N2O4S/c26-20-14-9-16(15-22(20)28)29-25(31)19-5-1-3-7-23(19)30-35(32,33)18-12-10-17(11-13-18)34-24-8-4-2-6-21(24)27/h1-15,30H,(H,29,31). The summed E-state index contributed by atoms with van der Waals surface area (Å²) in [5.74, 6) is 0.341. The van der Waals surface area contributed by atoms with Crippen LogP contribution in [0, 0.1) is 0 Å². The molecule has 0 saturated carbocycles. The maximum atomic E-state index is 13.0. The normalized spacial score (nSPS) is 11.1. The van der Waals surface area contributed by atoms with Gasteiger partial charge in [0.2, 0.25) is 0 Å². The van der Waals surface area contributed by atoms with Gasteiger partial charge in [-0.15, -0.1) is 0 Å². The molecule has 0 aliphatic rings. The predicted molar refractivity (Wildman–Crippen MR) is 140 cm³/mol. The van der Waals surface area contributed by atoms with Gasteiger partial charge in [-0.1, -0.05) is 59.1 Å². The lowest BCUT2D eigenvalue weighted by Crippen LogP contribution is -2.18. The molecule has 0 fully saturated rings. The number of carbonyl (C=O) groups is 1. The zero-order valence-corrected chi connectivity index (χ0v) is 20.9. The summed E-state index contributed by atoms with van der Waals surface area (Å²) in [5.41, 5.74) is 0.651. The van der Waals surface area contributed by atoms with Gasteiger partial charge in [-0.05, 0) is 66.7 Å². The molecule has 0 radical (unpaired) electrons. The highest BCUT2D eigenvalue weighted by Gasteiger charge is 2.19. The summed E-state index contributed by atoms with van der Waals surface area (Å²) in [6.07, 6.45) is 0. The zero-order chi connectivity index (χ0) is 25.0. The third-order valence-corrected chi connectivity index (χ3v) is 7.22. The number of carbonyl (C=O) groups excluding carboxylic acids is 1. The first-order valence-electron chi connectivity index (χ1n) is 10.1. The minimum absolute atomic E-state index is 0.0105. The number of amides is 1. The van der Waals surface area contributed by atoms with Crippen molar-refractivity contribution in [1.29, 1.82) is 0 Å². The van der Waals surface area contributed by atoms with Crippen molar-refractivity contribution in [2.24, 2.45) is 0 Å². The van der Waals surface area contributed by atoms with Gasteiger partial charge in [0.25, 0.3) is 15.9 Å². The minimum Gasteiger partial charge on any atom is -0.456 e. The smallest absolute Gasteiger partial charge is 0.261 e. The van der Waals surface area contributed by atoms with Crippen LogP contribution in [-0.4, -0.2) is 14.3 Å². The van der Waals surface area contributed by atoms with Gasteiger partial charge in [0.15, 0.2) is 0 Å². The average Bonchev–Trinajstić information content (AvgIpc) is 2.83. The number of sulfonamides is 1. The monoisotopic (exact) mass is 546 g/mol. The molecule has 0 saturated heterocycles. The van der Waals surface area contributed by atoms with E-state index in [-0.39, 0.29) is 21.2 Å². The van der Waals surface area contributed by atoms with E-state index in [0.29, 0.717) is 27.2 Å². The third-order valence-electron chi connectivity index (χ3n) is 4.79. The molecule has 0 heterocycles. The van der Waals surface area contributed by atoms with E-state index in [1.807, 2.05) is 0 Å². The van der Waals surface area contributed by atoms with Crippen LogP contribution in [0.25, 0.3) is 0 Å². The van der Waals surface area contributed by atoms with Crippen LogP contribution in [-0.2, 0) is 10.0 Å². The zero-order valence-electron chi connectivity index (χ0n) is 17.8. The second-order valence-electron chi connectivity index (χ2n) is 7.24. The van der Waals surface area contributed by atoms with Crippen molar-refractivity contribution >= 4 is 62.1 Å². The number of nitrogens with one attached hydrogen (secondary N) is 2. The van der Waals surface area contributed by atoms with Gasteiger partial charge in [-0.25, -0.2) is 8.42 Å². The predicted octanol–water partition coefficient (Wildman–Crippen LogP) is 7.49. The first kappa shape index (κ1) is 24.9. The Morgan fingerprint density at radius 1 is 0.743 bits per heavy atom. The molecule has 0 aliphatic heterocycles. The van der Waals surface area contributed by atoms with Crippen molar-refractivity contribution in [3.63, 3.8) is 0 Å². The van der Waals surface area contributed by atoms with Gasteiger partial charge in [0, 0.05) is 5.69 Å². The molecule has 35 heavy (non-hydrogen) atoms. The van der Waals surface area contributed by atoms with Crippen molar-refractivity contribution in [3.05, 3.63) is 112 Å². The Morgan fingerprint density at radius 2 is 1.43 bits per heavy atom. The molecule has 0 aromatic heterocycles. The van der Waals surface area contributed by atoms with Gasteiger partial charge >= 0.3 is 0 Å². The molecular weight excluding hydrogens is 531 g/mol. The number of ether oxygens (including phenoxy) is 1. The van der Waals surface area contributed by atoms with E-state index < -0.39 is 15.9 Å². The fraction of sp³-hybridized carbons (Fsp3) is 0. The number of benzene rings is 4. The van der Waals surface area contributed by atoms with Crippen molar-refractivity contribution in [2.45, 2.75) is 4.90 Å². The number of hydrogen-bond donors (Lipinski definition) is 2. The van der Waals surface area contributed by atoms with Crippen molar-refractivity contribution in [2.75, 3.05) is 10.0 Å². The molecule has 0 unspecified atom stereocenters. The maximum absolute atomic E-state index is 13.0. The highest BCUT2D eigenvalue weighted by atomic mass is 35.5. The SMILES string of the molecule is O=C(Nc1ccc(Cl)c(Cl)c1)c1ccccc1NS(=O)(=O)c1ccc(Oc2ccccc2Cl)cc1. The molecule has 10 heteroatoms. The Hall–Kier alpha value is -3.23. The maximum Gasteiger partial charge on any atom is 0.261 e. The van der Waals surface area contributed by atoms with Crippen LogP contribution in [0.2, 0.25) is 15.1 Å². The van der Waals surface area contributed by atoms with E-state index in [1.165, 1.54) is 42.5 Å². The Bertz CT molecular complexity index is 1490. The van der Waals surface area contributed by atoms with E-state index in [9.17, 15) is 13.2 Å². The Kier molecular flexibility index (Phi) is 7.52. The molecule has 0 atom stereocenters. The molecular formula is C25H17Cl3N2O4S. The second kappa shape index (κ2) is 10.6. The molecule has 4 aromatic rings. The van der Waals surface area contributed by atoms with Gasteiger partial charge < -0.3 is 10.1 Å². The lowest BCUT2D eigenvalue weighted by atomic mass is 10.1. The summed E-state index contributed by atoms with van der Waals surface area (Å²) < 4.78 is 34.2. The van der Waals surface area contributed by atoms with E-state index in [4.69, 9.17) is 39.5 Å². The first-order chi connectivity index (χ1) is 16.7. The van der Waals surface area contributed by atoms with Gasteiger partial charge in [-0.3, -0.25) is 9.52 Å². The van der Waals surface area contributed by atoms with Gasteiger partial charge in [0.05, 0.1) is 31.2 Å². The first-order valence-corrected chi connectivity index (χ1v) is 12.8. The summed E-state index contributed by atoms with van der Waals surface area (Å²) in [5, 5.41) is 3.74. The molecule has 178 valence electrons. The van der Waals surface area contributed by atoms with E-state index >= 15 is 0 Å². The van der Waals surface area contributed by atoms with Gasteiger partial charge in [0.1, 0.15) is 11.5 Å². The van der Waals surface area contributed by atoms with Crippen LogP contribution in [0.5, 0.6) is 11.5 Å². The van der Waals surface area contributed by atoms with E-state index in [2.05, 4.69) is 10.0 Å². The molecule has 0 bridgehead atoms. The lowest BCUT2D eigenvalue weighted by molar-refractivity contribution is 0.102. The Labute approximate surface area is 217 Å². The summed E-state index contributed by atoms with van der Waals surface area (Å²) in [6.45, 7) is 0. The molecule has 1 amide bonds. The highest BCUT2D eigenvalue weighted by molar-refractivity contribution is 7.92. The van der Waals surface area contributed by atoms with Crippen molar-refractivity contribution < 1.29 is 17.9 Å². The number of para-hydroxylation sites is 2. The number of anilines is 2. The highest BCUT2D eigenvalue weighted by Crippen LogP contribution is 2.30. The molecule has 0 aliphatic carbocycles. The van der Waals surface area contributed by atoms with Crippen LogP contribution in [0.15, 0.2) is 95.9 Å². The molecule has 2 N–H and O–H groups in total. The topological polar surface area (TPSA) is 84.5 Å². The number of rotatable bonds is 7. The van der Waals surface area contributed by atoms with Crippen LogP contribution < -0.4 is 14.8 Å². The quantitative estimate of drug-likeness (QED) is 0.251. The average molecular weight is 548 g/mol. The van der Waals surface area contributed by atoms with Crippen molar-refractivity contribution in [1.82, 2.24) is 0 Å². The lowest BCUT2D eigenvalue weighted by Gasteiger charge is -2.13. The van der Waals surface area contributed by atoms with Crippen molar-refractivity contribution in [3.8, 4) is 11.5 Å². The van der Waals surface area contributed by atoms with Crippen LogP contribution >= 0.6 is 34.8 Å². The summed E-state index contributed by atoms with van der Waals surface area (Å²) in [6, 6.07) is 23.7. The fourth-order valence-corrected chi connectivity index (χ4v) is 4.64. The number of hydrogen-bond acceptors (Lipinski definition) is 4. The summed E-state index contributed by atoms with van der Waals surface area (Å²) in [4.78, 5) is 12.8. The number of halogens is 3. The molecule has 6 nitrogen and oxygen atoms in total. The summed E-state index contributed by atoms with van der Waals surface area (Å²) in [7, 11) is -4.00. The third kappa shape index (κ3) is 6.07. The Balaban J connectivity index is 1.52. The molecule has 4 aromatic carbocycles. The van der Waals surface area contributed by atoms with Gasteiger partial charge in [-0.2, -0.15) is 0 Å². The second-order valence-corrected chi connectivity index (χ2v) is 10.1. The van der Waals surface area contributed by atoms with E-state index in [0.717, 1.165) is 0 Å². The largest absolute Gasteiger partial charge is 0.456 e. The summed E-state index contributed by atoms with van der Waals surface area (Å²) >= 11 is 18.0.